The number of benzene rings is 1. The minimum Gasteiger partial charge on any atom is -0.357 e. The summed E-state index contributed by atoms with van der Waals surface area (Å²) in [6.45, 7) is 11.3. The van der Waals surface area contributed by atoms with E-state index in [0.29, 0.717) is 19.1 Å². The number of carbonyl (C=O) groups excluding carboxylic acids is 1. The van der Waals surface area contributed by atoms with E-state index in [1.165, 1.54) is 11.3 Å². The second-order valence-corrected chi connectivity index (χ2v) is 5.31. The monoisotopic (exact) mass is 258 g/mol. The van der Waals surface area contributed by atoms with Gasteiger partial charge >= 0.3 is 0 Å². The van der Waals surface area contributed by atoms with Gasteiger partial charge in [0.15, 0.2) is 0 Å². The molecule has 1 amide bonds. The van der Waals surface area contributed by atoms with Crippen LogP contribution < -0.4 is 4.90 Å². The lowest BCUT2D eigenvalue weighted by Gasteiger charge is -2.34. The molecule has 0 saturated heterocycles. The Morgan fingerprint density at radius 2 is 2.11 bits per heavy atom. The number of rotatable bonds is 3. The van der Waals surface area contributed by atoms with Crippen LogP contribution in [0.3, 0.4) is 0 Å². The molecule has 0 aromatic heterocycles. The highest BCUT2D eigenvalue weighted by Crippen LogP contribution is 2.29. The number of anilines is 1. The van der Waals surface area contributed by atoms with Crippen molar-refractivity contribution in [1.29, 1.82) is 0 Å². The van der Waals surface area contributed by atoms with Crippen molar-refractivity contribution in [3.05, 3.63) is 42.5 Å². The first kappa shape index (κ1) is 13.7. The van der Waals surface area contributed by atoms with Crippen LogP contribution in [0, 0.1) is 0 Å². The van der Waals surface area contributed by atoms with E-state index in [2.05, 4.69) is 37.5 Å². The molecular formula is C16H22N2O. The van der Waals surface area contributed by atoms with E-state index < -0.39 is 0 Å². The molecule has 0 aliphatic carbocycles. The fourth-order valence-corrected chi connectivity index (χ4v) is 2.81. The van der Waals surface area contributed by atoms with E-state index >= 15 is 0 Å². The van der Waals surface area contributed by atoms with Crippen LogP contribution in [0.4, 0.5) is 5.69 Å². The molecule has 0 unspecified atom stereocenters. The molecule has 102 valence electrons. The summed E-state index contributed by atoms with van der Waals surface area (Å²) in [5.74, 6) is 0.171. The van der Waals surface area contributed by atoms with Gasteiger partial charge in [0.05, 0.1) is 0 Å². The van der Waals surface area contributed by atoms with Gasteiger partial charge in [-0.25, -0.2) is 0 Å². The molecule has 3 nitrogen and oxygen atoms in total. The van der Waals surface area contributed by atoms with E-state index in [1.54, 1.807) is 6.08 Å². The number of hydrogen-bond acceptors (Lipinski definition) is 2. The van der Waals surface area contributed by atoms with Crippen molar-refractivity contribution < 1.29 is 4.79 Å². The SMILES string of the molecule is C=CCN1Cc2ccccc2N(C(C)C)[C@@H](C)C1=O. The molecule has 1 heterocycles. The zero-order valence-electron chi connectivity index (χ0n) is 12.0. The highest BCUT2D eigenvalue weighted by molar-refractivity contribution is 5.87. The average Bonchev–Trinajstić information content (AvgIpc) is 2.48. The molecule has 0 spiro atoms. The van der Waals surface area contributed by atoms with Gasteiger partial charge < -0.3 is 9.80 Å². The summed E-state index contributed by atoms with van der Waals surface area (Å²) >= 11 is 0. The third-order valence-corrected chi connectivity index (χ3v) is 3.62. The van der Waals surface area contributed by atoms with E-state index in [0.717, 1.165) is 0 Å². The first-order chi connectivity index (χ1) is 9.06. The van der Waals surface area contributed by atoms with Gasteiger partial charge in [0, 0.05) is 24.8 Å². The summed E-state index contributed by atoms with van der Waals surface area (Å²) < 4.78 is 0. The number of carbonyl (C=O) groups is 1. The van der Waals surface area contributed by atoms with Crippen LogP contribution in [0.1, 0.15) is 26.3 Å². The van der Waals surface area contributed by atoms with E-state index in [1.807, 2.05) is 24.0 Å². The van der Waals surface area contributed by atoms with E-state index in [4.69, 9.17) is 0 Å². The first-order valence-electron chi connectivity index (χ1n) is 6.82. The number of para-hydroxylation sites is 1. The Labute approximate surface area is 115 Å². The van der Waals surface area contributed by atoms with Gasteiger partial charge in [-0.2, -0.15) is 0 Å². The molecule has 1 aliphatic heterocycles. The van der Waals surface area contributed by atoms with E-state index in [9.17, 15) is 4.79 Å². The van der Waals surface area contributed by atoms with Crippen molar-refractivity contribution >= 4 is 11.6 Å². The predicted octanol–water partition coefficient (Wildman–Crippen LogP) is 2.82. The largest absolute Gasteiger partial charge is 0.357 e. The molecule has 0 N–H and O–H groups in total. The third kappa shape index (κ3) is 2.50. The maximum Gasteiger partial charge on any atom is 0.245 e. The molecule has 1 atom stereocenters. The van der Waals surface area contributed by atoms with Crippen molar-refractivity contribution in [2.45, 2.75) is 39.4 Å². The quantitative estimate of drug-likeness (QED) is 0.778. The number of amides is 1. The molecule has 0 radical (unpaired) electrons. The van der Waals surface area contributed by atoms with E-state index in [-0.39, 0.29) is 11.9 Å². The number of fused-ring (bicyclic) bond motifs is 1. The fraction of sp³-hybridized carbons (Fsp3) is 0.438. The van der Waals surface area contributed by atoms with Gasteiger partial charge in [-0.3, -0.25) is 4.79 Å². The Hall–Kier alpha value is -1.77. The van der Waals surface area contributed by atoms with Crippen molar-refractivity contribution in [2.75, 3.05) is 11.4 Å². The maximum atomic E-state index is 12.6. The summed E-state index contributed by atoms with van der Waals surface area (Å²) in [5.41, 5.74) is 2.38. The molecule has 3 heteroatoms. The average molecular weight is 258 g/mol. The van der Waals surface area contributed by atoms with Crippen molar-refractivity contribution in [2.24, 2.45) is 0 Å². The molecule has 1 aromatic carbocycles. The predicted molar refractivity (Wildman–Crippen MR) is 79.1 cm³/mol. The van der Waals surface area contributed by atoms with Crippen LogP contribution in [0.15, 0.2) is 36.9 Å². The molecular weight excluding hydrogens is 236 g/mol. The number of hydrogen-bond donors (Lipinski definition) is 0. The summed E-state index contributed by atoms with van der Waals surface area (Å²) in [7, 11) is 0. The molecule has 0 bridgehead atoms. The molecule has 1 aromatic rings. The van der Waals surface area contributed by atoms with Crippen LogP contribution >= 0.6 is 0 Å². The van der Waals surface area contributed by atoms with Crippen LogP contribution in [-0.2, 0) is 11.3 Å². The first-order valence-corrected chi connectivity index (χ1v) is 6.82. The Kier molecular flexibility index (Phi) is 3.93. The second kappa shape index (κ2) is 5.47. The summed E-state index contributed by atoms with van der Waals surface area (Å²) in [6.07, 6.45) is 1.79. The lowest BCUT2D eigenvalue weighted by Crippen LogP contribution is -2.47. The molecule has 0 fully saturated rings. The molecule has 1 aliphatic rings. The maximum absolute atomic E-state index is 12.6. The summed E-state index contributed by atoms with van der Waals surface area (Å²) in [5, 5.41) is 0. The fourth-order valence-electron chi connectivity index (χ4n) is 2.81. The normalized spacial score (nSPS) is 19.4. The Morgan fingerprint density at radius 3 is 2.74 bits per heavy atom. The second-order valence-electron chi connectivity index (χ2n) is 5.31. The topological polar surface area (TPSA) is 23.6 Å². The third-order valence-electron chi connectivity index (χ3n) is 3.62. The van der Waals surface area contributed by atoms with Crippen LogP contribution in [0.5, 0.6) is 0 Å². The zero-order chi connectivity index (χ0) is 14.0. The van der Waals surface area contributed by atoms with Gasteiger partial charge in [0.1, 0.15) is 6.04 Å². The highest BCUT2D eigenvalue weighted by Gasteiger charge is 2.32. The molecule has 0 saturated carbocycles. The highest BCUT2D eigenvalue weighted by atomic mass is 16.2. The van der Waals surface area contributed by atoms with Gasteiger partial charge in [-0.05, 0) is 32.4 Å². The van der Waals surface area contributed by atoms with Gasteiger partial charge in [0.25, 0.3) is 0 Å². The molecule has 2 rings (SSSR count). The van der Waals surface area contributed by atoms with Crippen molar-refractivity contribution in [3.63, 3.8) is 0 Å². The van der Waals surface area contributed by atoms with Gasteiger partial charge in [-0.1, -0.05) is 24.3 Å². The van der Waals surface area contributed by atoms with Crippen molar-refractivity contribution in [3.8, 4) is 0 Å². The lowest BCUT2D eigenvalue weighted by molar-refractivity contribution is -0.132. The summed E-state index contributed by atoms with van der Waals surface area (Å²) in [4.78, 5) is 16.6. The summed E-state index contributed by atoms with van der Waals surface area (Å²) in [6, 6.07) is 8.44. The minimum atomic E-state index is -0.136. The van der Waals surface area contributed by atoms with Crippen LogP contribution in [0.2, 0.25) is 0 Å². The zero-order valence-corrected chi connectivity index (χ0v) is 12.0. The van der Waals surface area contributed by atoms with Gasteiger partial charge in [0.2, 0.25) is 5.91 Å². The van der Waals surface area contributed by atoms with Crippen LogP contribution in [-0.4, -0.2) is 29.4 Å². The van der Waals surface area contributed by atoms with Crippen molar-refractivity contribution in [1.82, 2.24) is 4.90 Å². The smallest absolute Gasteiger partial charge is 0.245 e. The molecule has 19 heavy (non-hydrogen) atoms. The number of nitrogens with zero attached hydrogens (tertiary/aromatic N) is 2. The lowest BCUT2D eigenvalue weighted by atomic mass is 10.1. The van der Waals surface area contributed by atoms with Gasteiger partial charge in [-0.15, -0.1) is 6.58 Å². The Balaban J connectivity index is 2.49. The minimum absolute atomic E-state index is 0.136. The Morgan fingerprint density at radius 1 is 1.42 bits per heavy atom. The standard InChI is InChI=1S/C16H22N2O/c1-5-10-17-11-14-8-6-7-9-15(14)18(12(2)3)13(4)16(17)19/h5-9,12-13H,1,10-11H2,2-4H3/t13-/m0/s1. The van der Waals surface area contributed by atoms with Crippen LogP contribution in [0.25, 0.3) is 0 Å². The Bertz CT molecular complexity index is 481.